The van der Waals surface area contributed by atoms with Crippen molar-refractivity contribution in [3.05, 3.63) is 41.5 Å². The molecule has 0 saturated carbocycles. The maximum atomic E-state index is 11.4. The Bertz CT molecular complexity index is 500. The SMILES string of the molecule is C=C(C)C(=O)Oc1ccc2c(c1)CCC(=O)C2. The summed E-state index contributed by atoms with van der Waals surface area (Å²) >= 11 is 0. The normalized spacial score (nSPS) is 14.1. The molecule has 2 rings (SSSR count). The highest BCUT2D eigenvalue weighted by atomic mass is 16.5. The van der Waals surface area contributed by atoms with Crippen LogP contribution in [0.1, 0.15) is 24.5 Å². The van der Waals surface area contributed by atoms with Crippen LogP contribution in [0, 0.1) is 0 Å². The Labute approximate surface area is 100 Å². The van der Waals surface area contributed by atoms with Crippen molar-refractivity contribution in [1.29, 1.82) is 0 Å². The van der Waals surface area contributed by atoms with E-state index in [-0.39, 0.29) is 5.78 Å². The predicted molar refractivity (Wildman–Crippen MR) is 63.9 cm³/mol. The molecule has 0 unspecified atom stereocenters. The summed E-state index contributed by atoms with van der Waals surface area (Å²) in [4.78, 5) is 22.6. The average Bonchev–Trinajstić information content (AvgIpc) is 2.29. The first-order valence-electron chi connectivity index (χ1n) is 5.57. The molecule has 0 amide bonds. The van der Waals surface area contributed by atoms with Crippen molar-refractivity contribution in [3.63, 3.8) is 0 Å². The highest BCUT2D eigenvalue weighted by Gasteiger charge is 2.16. The van der Waals surface area contributed by atoms with Crippen LogP contribution in [0.5, 0.6) is 5.75 Å². The first-order valence-corrected chi connectivity index (χ1v) is 5.57. The van der Waals surface area contributed by atoms with Crippen LogP contribution in [0.2, 0.25) is 0 Å². The Balaban J connectivity index is 2.19. The van der Waals surface area contributed by atoms with Crippen LogP contribution in [0.4, 0.5) is 0 Å². The van der Waals surface area contributed by atoms with Gasteiger partial charge in [0, 0.05) is 18.4 Å². The summed E-state index contributed by atoms with van der Waals surface area (Å²) in [5.74, 6) is 0.368. The third-order valence-electron chi connectivity index (χ3n) is 2.80. The molecule has 0 saturated heterocycles. The van der Waals surface area contributed by atoms with Gasteiger partial charge >= 0.3 is 5.97 Å². The van der Waals surface area contributed by atoms with Gasteiger partial charge in [0.05, 0.1) is 0 Å². The van der Waals surface area contributed by atoms with Crippen LogP contribution in [0.3, 0.4) is 0 Å². The van der Waals surface area contributed by atoms with Gasteiger partial charge in [-0.05, 0) is 36.6 Å². The van der Waals surface area contributed by atoms with E-state index in [4.69, 9.17) is 4.74 Å². The third kappa shape index (κ3) is 2.61. The highest BCUT2D eigenvalue weighted by Crippen LogP contribution is 2.24. The van der Waals surface area contributed by atoms with E-state index in [1.165, 1.54) is 0 Å². The molecule has 0 aliphatic heterocycles. The molecule has 0 heterocycles. The maximum Gasteiger partial charge on any atom is 0.338 e. The van der Waals surface area contributed by atoms with Crippen LogP contribution >= 0.6 is 0 Å². The summed E-state index contributed by atoms with van der Waals surface area (Å²) in [6, 6.07) is 5.41. The lowest BCUT2D eigenvalue weighted by molar-refractivity contribution is -0.130. The van der Waals surface area contributed by atoms with Crippen LogP contribution in [-0.4, -0.2) is 11.8 Å². The number of ether oxygens (including phenoxy) is 1. The minimum atomic E-state index is -0.420. The number of carbonyl (C=O) groups excluding carboxylic acids is 2. The molecule has 3 heteroatoms. The fourth-order valence-electron chi connectivity index (χ4n) is 1.84. The standard InChI is InChI=1S/C14H14O3/c1-9(2)14(16)17-13-6-4-10-7-12(15)5-3-11(10)8-13/h4,6,8H,1,3,5,7H2,2H3. The van der Waals surface area contributed by atoms with E-state index in [0.29, 0.717) is 24.2 Å². The topological polar surface area (TPSA) is 43.4 Å². The number of Topliss-reactive ketones (excluding diaryl/α,β-unsaturated/α-hetero) is 1. The smallest absolute Gasteiger partial charge is 0.338 e. The number of hydrogen-bond donors (Lipinski definition) is 0. The Morgan fingerprint density at radius 2 is 2.06 bits per heavy atom. The lowest BCUT2D eigenvalue weighted by Gasteiger charge is -2.15. The molecule has 3 nitrogen and oxygen atoms in total. The van der Waals surface area contributed by atoms with Gasteiger partial charge in [0.2, 0.25) is 0 Å². The van der Waals surface area contributed by atoms with E-state index in [1.807, 2.05) is 12.1 Å². The average molecular weight is 230 g/mol. The molecule has 17 heavy (non-hydrogen) atoms. The molecule has 0 aromatic heterocycles. The minimum Gasteiger partial charge on any atom is -0.423 e. The molecule has 0 N–H and O–H groups in total. The van der Waals surface area contributed by atoms with Gasteiger partial charge in [-0.15, -0.1) is 0 Å². The number of aryl methyl sites for hydroxylation is 1. The largest absolute Gasteiger partial charge is 0.423 e. The number of rotatable bonds is 2. The third-order valence-corrected chi connectivity index (χ3v) is 2.80. The molecule has 1 aliphatic rings. The number of ketones is 1. The van der Waals surface area contributed by atoms with Crippen molar-refractivity contribution < 1.29 is 14.3 Å². The lowest BCUT2D eigenvalue weighted by Crippen LogP contribution is -2.14. The second-order valence-corrected chi connectivity index (χ2v) is 4.32. The first kappa shape index (κ1) is 11.6. The van der Waals surface area contributed by atoms with Crippen molar-refractivity contribution in [2.75, 3.05) is 0 Å². The van der Waals surface area contributed by atoms with Crippen molar-refractivity contribution in [2.24, 2.45) is 0 Å². The predicted octanol–water partition coefficient (Wildman–Crippen LogP) is 2.23. The van der Waals surface area contributed by atoms with Gasteiger partial charge in [-0.2, -0.15) is 0 Å². The quantitative estimate of drug-likeness (QED) is 0.444. The Morgan fingerprint density at radius 3 is 2.76 bits per heavy atom. The van der Waals surface area contributed by atoms with Crippen molar-refractivity contribution in [2.45, 2.75) is 26.2 Å². The molecule has 88 valence electrons. The molecule has 0 spiro atoms. The molecule has 1 aromatic rings. The van der Waals surface area contributed by atoms with Gasteiger partial charge < -0.3 is 4.74 Å². The molecule has 0 fully saturated rings. The number of carbonyl (C=O) groups is 2. The molecule has 1 aliphatic carbocycles. The second-order valence-electron chi connectivity index (χ2n) is 4.32. The van der Waals surface area contributed by atoms with Gasteiger partial charge in [-0.25, -0.2) is 4.79 Å². The van der Waals surface area contributed by atoms with Gasteiger partial charge in [0.25, 0.3) is 0 Å². The summed E-state index contributed by atoms with van der Waals surface area (Å²) < 4.78 is 5.15. The molecule has 0 radical (unpaired) electrons. The van der Waals surface area contributed by atoms with Crippen LogP contribution in [0.25, 0.3) is 0 Å². The molecular weight excluding hydrogens is 216 g/mol. The summed E-state index contributed by atoms with van der Waals surface area (Å²) in [6.07, 6.45) is 1.79. The van der Waals surface area contributed by atoms with E-state index in [9.17, 15) is 9.59 Å². The molecule has 0 atom stereocenters. The van der Waals surface area contributed by atoms with Gasteiger partial charge in [-0.1, -0.05) is 12.6 Å². The number of hydrogen-bond acceptors (Lipinski definition) is 3. The van der Waals surface area contributed by atoms with E-state index in [2.05, 4.69) is 6.58 Å². The zero-order valence-corrected chi connectivity index (χ0v) is 9.79. The lowest BCUT2D eigenvalue weighted by atomic mass is 9.91. The summed E-state index contributed by atoms with van der Waals surface area (Å²) in [5, 5.41) is 0. The van der Waals surface area contributed by atoms with Gasteiger partial charge in [0.15, 0.2) is 0 Å². The van der Waals surface area contributed by atoms with Gasteiger partial charge in [-0.3, -0.25) is 4.79 Å². The zero-order chi connectivity index (χ0) is 12.4. The fraction of sp³-hybridized carbons (Fsp3) is 0.286. The second kappa shape index (κ2) is 4.53. The number of fused-ring (bicyclic) bond motifs is 1. The minimum absolute atomic E-state index is 0.268. The fourth-order valence-corrected chi connectivity index (χ4v) is 1.84. The molecule has 0 bridgehead atoms. The monoisotopic (exact) mass is 230 g/mol. The Morgan fingerprint density at radius 1 is 1.29 bits per heavy atom. The van der Waals surface area contributed by atoms with Crippen molar-refractivity contribution in [3.8, 4) is 5.75 Å². The maximum absolute atomic E-state index is 11.4. The van der Waals surface area contributed by atoms with Gasteiger partial charge in [0.1, 0.15) is 11.5 Å². The molecular formula is C14H14O3. The van der Waals surface area contributed by atoms with E-state index in [0.717, 1.165) is 17.5 Å². The van der Waals surface area contributed by atoms with E-state index < -0.39 is 5.97 Å². The Kier molecular flexibility index (Phi) is 3.09. The highest BCUT2D eigenvalue weighted by molar-refractivity contribution is 5.89. The van der Waals surface area contributed by atoms with E-state index >= 15 is 0 Å². The number of benzene rings is 1. The van der Waals surface area contributed by atoms with Crippen molar-refractivity contribution >= 4 is 11.8 Å². The summed E-state index contributed by atoms with van der Waals surface area (Å²) in [6.45, 7) is 5.14. The Hall–Kier alpha value is -1.90. The zero-order valence-electron chi connectivity index (χ0n) is 9.79. The number of esters is 1. The first-order chi connectivity index (χ1) is 8.06. The van der Waals surface area contributed by atoms with Crippen LogP contribution in [-0.2, 0) is 22.4 Å². The van der Waals surface area contributed by atoms with Crippen LogP contribution < -0.4 is 4.74 Å². The summed E-state index contributed by atoms with van der Waals surface area (Å²) in [5.41, 5.74) is 2.51. The molecule has 1 aromatic carbocycles. The van der Waals surface area contributed by atoms with Crippen LogP contribution in [0.15, 0.2) is 30.4 Å². The summed E-state index contributed by atoms with van der Waals surface area (Å²) in [7, 11) is 0. The van der Waals surface area contributed by atoms with E-state index in [1.54, 1.807) is 13.0 Å². The van der Waals surface area contributed by atoms with Crippen molar-refractivity contribution in [1.82, 2.24) is 0 Å².